The molecule has 3 rings (SSSR count). The number of ether oxygens (including phenoxy) is 2. The molecule has 2 aromatic carbocycles. The summed E-state index contributed by atoms with van der Waals surface area (Å²) < 4.78 is 53.3. The molecule has 0 spiro atoms. The van der Waals surface area contributed by atoms with Gasteiger partial charge in [-0.2, -0.15) is 0 Å². The van der Waals surface area contributed by atoms with Crippen molar-refractivity contribution in [1.29, 1.82) is 0 Å². The molecule has 3 nitrogen and oxygen atoms in total. The van der Waals surface area contributed by atoms with Gasteiger partial charge in [-0.25, -0.2) is 13.2 Å². The van der Waals surface area contributed by atoms with Crippen molar-refractivity contribution < 1.29 is 22.6 Å². The summed E-state index contributed by atoms with van der Waals surface area (Å²) in [7, 11) is 3.00. The third kappa shape index (κ3) is 3.64. The molecule has 0 saturated carbocycles. The van der Waals surface area contributed by atoms with E-state index in [-0.39, 0.29) is 17.0 Å². The van der Waals surface area contributed by atoms with Gasteiger partial charge in [0.25, 0.3) is 0 Å². The Balaban J connectivity index is 2.42. The van der Waals surface area contributed by atoms with Gasteiger partial charge >= 0.3 is 0 Å². The second-order valence-corrected chi connectivity index (χ2v) is 6.37. The van der Waals surface area contributed by atoms with E-state index in [1.165, 1.54) is 14.2 Å². The van der Waals surface area contributed by atoms with Crippen LogP contribution in [0.1, 0.15) is 11.3 Å². The summed E-state index contributed by atoms with van der Waals surface area (Å²) >= 11 is 6.10. The number of aromatic nitrogens is 1. The maximum atomic E-state index is 14.6. The van der Waals surface area contributed by atoms with Gasteiger partial charge in [-0.3, -0.25) is 4.98 Å². The largest absolute Gasteiger partial charge is 0.497 e. The average Bonchev–Trinajstić information content (AvgIpc) is 2.67. The van der Waals surface area contributed by atoms with E-state index in [1.54, 1.807) is 31.3 Å². The molecule has 0 saturated heterocycles. The van der Waals surface area contributed by atoms with Gasteiger partial charge in [0.1, 0.15) is 29.0 Å². The number of hydrogen-bond acceptors (Lipinski definition) is 3. The van der Waals surface area contributed by atoms with Crippen LogP contribution in [0.5, 0.6) is 11.5 Å². The minimum atomic E-state index is -1.02. The number of benzene rings is 2. The van der Waals surface area contributed by atoms with Crippen molar-refractivity contribution in [3.8, 4) is 33.8 Å². The van der Waals surface area contributed by atoms with E-state index in [0.29, 0.717) is 46.0 Å². The quantitative estimate of drug-likeness (QED) is 0.493. The number of pyridine rings is 1. The standard InChI is InChI=1S/C21H17ClF3NO2/c1-11-19(21-17(24)6-14(23)7-18(21)25)20(13(9-22)10-26-11)12-4-15(27-2)8-16(5-12)28-3/h4-8,10H,9H2,1-3H3. The molecule has 0 bridgehead atoms. The lowest BCUT2D eigenvalue weighted by molar-refractivity contribution is 0.394. The Bertz CT molecular complexity index is 995. The van der Waals surface area contributed by atoms with E-state index in [0.717, 1.165) is 0 Å². The lowest BCUT2D eigenvalue weighted by Crippen LogP contribution is -2.02. The van der Waals surface area contributed by atoms with Gasteiger partial charge < -0.3 is 9.47 Å². The summed E-state index contributed by atoms with van der Waals surface area (Å²) in [6.45, 7) is 1.62. The Labute approximate surface area is 165 Å². The minimum absolute atomic E-state index is 0.0551. The highest BCUT2D eigenvalue weighted by Gasteiger charge is 2.23. The molecular weight excluding hydrogens is 391 g/mol. The topological polar surface area (TPSA) is 31.4 Å². The SMILES string of the molecule is COc1cc(OC)cc(-c2c(CCl)cnc(C)c2-c2c(F)cc(F)cc2F)c1. The summed E-state index contributed by atoms with van der Waals surface area (Å²) in [5.74, 6) is -2.00. The van der Waals surface area contributed by atoms with Gasteiger partial charge in [-0.15, -0.1) is 11.6 Å². The number of hydrogen-bond donors (Lipinski definition) is 0. The van der Waals surface area contributed by atoms with E-state index in [9.17, 15) is 13.2 Å². The molecule has 0 atom stereocenters. The number of methoxy groups -OCH3 is 2. The highest BCUT2D eigenvalue weighted by Crippen LogP contribution is 2.42. The monoisotopic (exact) mass is 407 g/mol. The third-order valence-electron chi connectivity index (χ3n) is 4.39. The third-order valence-corrected chi connectivity index (χ3v) is 4.68. The van der Waals surface area contributed by atoms with Gasteiger partial charge in [0.05, 0.1) is 19.8 Å². The minimum Gasteiger partial charge on any atom is -0.497 e. The van der Waals surface area contributed by atoms with Crippen LogP contribution in [0.25, 0.3) is 22.3 Å². The fourth-order valence-corrected chi connectivity index (χ4v) is 3.32. The first-order valence-electron chi connectivity index (χ1n) is 8.32. The molecule has 1 heterocycles. The van der Waals surface area contributed by atoms with Gasteiger partial charge in [0.15, 0.2) is 0 Å². The zero-order chi connectivity index (χ0) is 20.4. The van der Waals surface area contributed by atoms with Crippen LogP contribution in [0.4, 0.5) is 13.2 Å². The number of nitrogens with zero attached hydrogens (tertiary/aromatic N) is 1. The fourth-order valence-electron chi connectivity index (χ4n) is 3.12. The second-order valence-electron chi connectivity index (χ2n) is 6.10. The van der Waals surface area contributed by atoms with Gasteiger partial charge in [-0.1, -0.05) is 0 Å². The van der Waals surface area contributed by atoms with Gasteiger partial charge in [0.2, 0.25) is 0 Å². The first kappa shape index (κ1) is 20.0. The maximum Gasteiger partial charge on any atom is 0.136 e. The lowest BCUT2D eigenvalue weighted by atomic mass is 9.90. The molecule has 1 aromatic heterocycles. The zero-order valence-electron chi connectivity index (χ0n) is 15.4. The molecule has 0 aliphatic heterocycles. The van der Waals surface area contributed by atoms with Crippen molar-refractivity contribution in [1.82, 2.24) is 4.98 Å². The van der Waals surface area contributed by atoms with Crippen LogP contribution in [-0.2, 0) is 5.88 Å². The van der Waals surface area contributed by atoms with Crippen molar-refractivity contribution in [3.05, 3.63) is 65.2 Å². The predicted molar refractivity (Wildman–Crippen MR) is 102 cm³/mol. The molecule has 146 valence electrons. The van der Waals surface area contributed by atoms with Crippen molar-refractivity contribution in [2.75, 3.05) is 14.2 Å². The average molecular weight is 408 g/mol. The van der Waals surface area contributed by atoms with Crippen molar-refractivity contribution >= 4 is 11.6 Å². The molecule has 28 heavy (non-hydrogen) atoms. The molecule has 3 aromatic rings. The smallest absolute Gasteiger partial charge is 0.136 e. The zero-order valence-corrected chi connectivity index (χ0v) is 16.2. The molecule has 0 amide bonds. The number of halogens is 4. The summed E-state index contributed by atoms with van der Waals surface area (Å²) in [6.07, 6.45) is 1.55. The first-order chi connectivity index (χ1) is 13.4. The van der Waals surface area contributed by atoms with Crippen LogP contribution in [0.3, 0.4) is 0 Å². The summed E-state index contributed by atoms with van der Waals surface area (Å²) in [5, 5.41) is 0. The van der Waals surface area contributed by atoms with Crippen LogP contribution in [0, 0.1) is 24.4 Å². The summed E-state index contributed by atoms with van der Waals surface area (Å²) in [5.41, 5.74) is 1.81. The highest BCUT2D eigenvalue weighted by molar-refractivity contribution is 6.17. The van der Waals surface area contributed by atoms with Gasteiger partial charge in [-0.05, 0) is 35.7 Å². The maximum absolute atomic E-state index is 14.6. The van der Waals surface area contributed by atoms with Gasteiger partial charge in [0, 0.05) is 41.5 Å². The molecule has 0 fully saturated rings. The number of rotatable bonds is 5. The fraction of sp³-hybridized carbons (Fsp3) is 0.190. The number of aryl methyl sites for hydroxylation is 1. The first-order valence-corrected chi connectivity index (χ1v) is 8.85. The van der Waals surface area contributed by atoms with E-state index in [2.05, 4.69) is 4.98 Å². The molecule has 0 aliphatic carbocycles. The lowest BCUT2D eigenvalue weighted by Gasteiger charge is -2.18. The Morgan fingerprint density at radius 3 is 1.93 bits per heavy atom. The Morgan fingerprint density at radius 1 is 0.857 bits per heavy atom. The van der Waals surface area contributed by atoms with Crippen LogP contribution in [0.15, 0.2) is 36.5 Å². The molecular formula is C21H17ClF3NO2. The van der Waals surface area contributed by atoms with Crippen LogP contribution >= 0.6 is 11.6 Å². The molecule has 0 unspecified atom stereocenters. The van der Waals surface area contributed by atoms with Crippen molar-refractivity contribution in [3.63, 3.8) is 0 Å². The van der Waals surface area contributed by atoms with Crippen LogP contribution in [-0.4, -0.2) is 19.2 Å². The molecule has 7 heteroatoms. The predicted octanol–water partition coefficient (Wildman–Crippen LogP) is 5.90. The molecule has 0 aliphatic rings. The number of alkyl halides is 1. The molecule has 0 N–H and O–H groups in total. The normalized spacial score (nSPS) is 10.8. The van der Waals surface area contributed by atoms with E-state index in [4.69, 9.17) is 21.1 Å². The van der Waals surface area contributed by atoms with Crippen LogP contribution < -0.4 is 9.47 Å². The van der Waals surface area contributed by atoms with E-state index < -0.39 is 17.5 Å². The van der Waals surface area contributed by atoms with Crippen molar-refractivity contribution in [2.24, 2.45) is 0 Å². The Morgan fingerprint density at radius 2 is 1.43 bits per heavy atom. The molecule has 0 radical (unpaired) electrons. The Kier molecular flexibility index (Phi) is 5.79. The van der Waals surface area contributed by atoms with Crippen LogP contribution in [0.2, 0.25) is 0 Å². The second kappa shape index (κ2) is 8.10. The summed E-state index contributed by atoms with van der Waals surface area (Å²) in [4.78, 5) is 4.23. The Hall–Kier alpha value is -2.73. The highest BCUT2D eigenvalue weighted by atomic mass is 35.5. The van der Waals surface area contributed by atoms with E-state index >= 15 is 0 Å². The summed E-state index contributed by atoms with van der Waals surface area (Å²) in [6, 6.07) is 6.37. The van der Waals surface area contributed by atoms with Crippen molar-refractivity contribution in [2.45, 2.75) is 12.8 Å². The van der Waals surface area contributed by atoms with E-state index in [1.807, 2.05) is 0 Å².